The van der Waals surface area contributed by atoms with Crippen LogP contribution in [0.2, 0.25) is 0 Å². The van der Waals surface area contributed by atoms with Crippen molar-refractivity contribution in [2.45, 2.75) is 26.7 Å². The van der Waals surface area contributed by atoms with Gasteiger partial charge in [0.05, 0.1) is 0 Å². The fourth-order valence-electron chi connectivity index (χ4n) is 1.52. The van der Waals surface area contributed by atoms with Gasteiger partial charge in [-0.3, -0.25) is 4.21 Å². The van der Waals surface area contributed by atoms with Crippen molar-refractivity contribution in [1.29, 1.82) is 0 Å². The monoisotopic (exact) mass is 271 g/mol. The van der Waals surface area contributed by atoms with E-state index < -0.39 is 10.8 Å². The van der Waals surface area contributed by atoms with Gasteiger partial charge in [-0.1, -0.05) is 6.92 Å². The summed E-state index contributed by atoms with van der Waals surface area (Å²) in [6.45, 7) is 4.60. The lowest BCUT2D eigenvalue weighted by Crippen LogP contribution is -2.17. The predicted molar refractivity (Wildman–Crippen MR) is 76.0 cm³/mol. The number of hydrogen-bond donors (Lipinski definition) is 3. The fourth-order valence-corrected chi connectivity index (χ4v) is 1.91. The molecule has 1 aromatic rings. The average Bonchev–Trinajstić information content (AvgIpc) is 2.32. The summed E-state index contributed by atoms with van der Waals surface area (Å²) in [4.78, 5) is 8.79. The summed E-state index contributed by atoms with van der Waals surface area (Å²) < 4.78 is 11.0. The molecule has 0 bridgehead atoms. The largest absolute Gasteiger partial charge is 0.369 e. The number of nitrogens with zero attached hydrogens (tertiary/aromatic N) is 2. The number of hydrogen-bond acceptors (Lipinski definition) is 6. The van der Waals surface area contributed by atoms with Crippen LogP contribution in [-0.4, -0.2) is 32.7 Å². The molecule has 6 nitrogen and oxygen atoms in total. The Bertz CT molecular complexity index is 424. The number of anilines is 2. The molecule has 7 heteroatoms. The fraction of sp³-hybridized carbons (Fsp3) is 0.636. The molecule has 0 aliphatic rings. The van der Waals surface area contributed by atoms with E-state index in [0.29, 0.717) is 18.1 Å². The SMILES string of the molecule is CCCc1nc(NN)c(C)c(NCCS(C)=O)n1. The van der Waals surface area contributed by atoms with E-state index in [4.69, 9.17) is 5.84 Å². The number of nitrogens with one attached hydrogen (secondary N) is 2. The number of aromatic nitrogens is 2. The van der Waals surface area contributed by atoms with Crippen molar-refractivity contribution in [3.8, 4) is 0 Å². The van der Waals surface area contributed by atoms with Gasteiger partial charge in [-0.2, -0.15) is 0 Å². The second-order valence-corrected chi connectivity index (χ2v) is 5.62. The Hall–Kier alpha value is -1.21. The first-order valence-corrected chi connectivity index (χ1v) is 7.69. The van der Waals surface area contributed by atoms with E-state index in [0.717, 1.165) is 30.0 Å². The van der Waals surface area contributed by atoms with Gasteiger partial charge in [0.2, 0.25) is 0 Å². The van der Waals surface area contributed by atoms with Crippen molar-refractivity contribution in [2.24, 2.45) is 5.84 Å². The first-order valence-electron chi connectivity index (χ1n) is 5.96. The van der Waals surface area contributed by atoms with Crippen LogP contribution in [-0.2, 0) is 17.2 Å². The number of hydrazine groups is 1. The van der Waals surface area contributed by atoms with Crippen molar-refractivity contribution in [3.63, 3.8) is 0 Å². The molecule has 0 spiro atoms. The van der Waals surface area contributed by atoms with E-state index in [1.807, 2.05) is 6.92 Å². The summed E-state index contributed by atoms with van der Waals surface area (Å²) in [6.07, 6.45) is 3.47. The van der Waals surface area contributed by atoms with Crippen LogP contribution in [0.3, 0.4) is 0 Å². The first-order chi connectivity index (χ1) is 8.58. The van der Waals surface area contributed by atoms with Crippen molar-refractivity contribution < 1.29 is 4.21 Å². The standard InChI is InChI=1S/C11H21N5OS/c1-4-5-9-14-10(13-6-7-18(3)17)8(2)11(15-9)16-12/h4-7,12H2,1-3H3,(H2,13,14,15,16). The molecule has 0 radical (unpaired) electrons. The Kier molecular flexibility index (Phi) is 6.00. The molecule has 1 unspecified atom stereocenters. The maximum atomic E-state index is 11.0. The highest BCUT2D eigenvalue weighted by atomic mass is 32.2. The van der Waals surface area contributed by atoms with E-state index in [1.165, 1.54) is 0 Å². The molecule has 0 aromatic carbocycles. The third-order valence-electron chi connectivity index (χ3n) is 2.48. The molecule has 1 rings (SSSR count). The van der Waals surface area contributed by atoms with Crippen LogP contribution in [0.25, 0.3) is 0 Å². The van der Waals surface area contributed by atoms with E-state index in [1.54, 1.807) is 6.26 Å². The Morgan fingerprint density at radius 1 is 1.33 bits per heavy atom. The van der Waals surface area contributed by atoms with Gasteiger partial charge in [0.15, 0.2) is 0 Å². The molecular weight excluding hydrogens is 250 g/mol. The van der Waals surface area contributed by atoms with Crippen molar-refractivity contribution in [1.82, 2.24) is 9.97 Å². The van der Waals surface area contributed by atoms with Crippen LogP contribution >= 0.6 is 0 Å². The molecule has 102 valence electrons. The Labute approximate surface area is 110 Å². The molecule has 1 atom stereocenters. The van der Waals surface area contributed by atoms with Crippen LogP contribution in [0, 0.1) is 6.92 Å². The third-order valence-corrected chi connectivity index (χ3v) is 3.26. The van der Waals surface area contributed by atoms with Gasteiger partial charge in [-0.25, -0.2) is 15.8 Å². The third kappa shape index (κ3) is 4.23. The summed E-state index contributed by atoms with van der Waals surface area (Å²) in [7, 11) is -0.808. The molecule has 4 N–H and O–H groups in total. The van der Waals surface area contributed by atoms with E-state index in [-0.39, 0.29) is 0 Å². The molecule has 0 amide bonds. The lowest BCUT2D eigenvalue weighted by molar-refractivity contribution is 0.687. The Balaban J connectivity index is 2.86. The summed E-state index contributed by atoms with van der Waals surface area (Å²) >= 11 is 0. The highest BCUT2D eigenvalue weighted by molar-refractivity contribution is 7.84. The van der Waals surface area contributed by atoms with Crippen molar-refractivity contribution in [3.05, 3.63) is 11.4 Å². The average molecular weight is 271 g/mol. The molecule has 0 saturated heterocycles. The normalized spacial score (nSPS) is 12.2. The second kappa shape index (κ2) is 7.27. The lowest BCUT2D eigenvalue weighted by atomic mass is 10.2. The Morgan fingerprint density at radius 3 is 2.56 bits per heavy atom. The smallest absolute Gasteiger partial charge is 0.148 e. The lowest BCUT2D eigenvalue weighted by Gasteiger charge is -2.13. The summed E-state index contributed by atoms with van der Waals surface area (Å²) in [6, 6.07) is 0. The minimum Gasteiger partial charge on any atom is -0.369 e. The molecule has 0 saturated carbocycles. The van der Waals surface area contributed by atoms with Crippen LogP contribution < -0.4 is 16.6 Å². The molecular formula is C11H21N5OS. The predicted octanol–water partition coefficient (Wildman–Crippen LogP) is 0.814. The van der Waals surface area contributed by atoms with Gasteiger partial charge < -0.3 is 10.7 Å². The maximum Gasteiger partial charge on any atom is 0.148 e. The van der Waals surface area contributed by atoms with Gasteiger partial charge in [-0.05, 0) is 13.3 Å². The minimum atomic E-state index is -0.808. The topological polar surface area (TPSA) is 92.9 Å². The van der Waals surface area contributed by atoms with Crippen LogP contribution in [0.1, 0.15) is 24.7 Å². The second-order valence-electron chi connectivity index (χ2n) is 4.06. The molecule has 1 heterocycles. The minimum absolute atomic E-state index is 0.595. The number of aryl methyl sites for hydroxylation is 1. The summed E-state index contributed by atoms with van der Waals surface area (Å²) in [5.74, 6) is 8.19. The quantitative estimate of drug-likeness (QED) is 0.502. The molecule has 1 aromatic heterocycles. The van der Waals surface area contributed by atoms with E-state index >= 15 is 0 Å². The van der Waals surface area contributed by atoms with Gasteiger partial charge in [0, 0.05) is 41.3 Å². The maximum absolute atomic E-state index is 11.0. The van der Waals surface area contributed by atoms with Crippen LogP contribution in [0.4, 0.5) is 11.6 Å². The molecule has 0 fully saturated rings. The molecule has 18 heavy (non-hydrogen) atoms. The summed E-state index contributed by atoms with van der Waals surface area (Å²) in [5.41, 5.74) is 3.46. The first kappa shape index (κ1) is 14.8. The van der Waals surface area contributed by atoms with Crippen molar-refractivity contribution >= 4 is 22.4 Å². The zero-order chi connectivity index (χ0) is 13.5. The van der Waals surface area contributed by atoms with E-state index in [9.17, 15) is 4.21 Å². The number of rotatable bonds is 7. The van der Waals surface area contributed by atoms with Crippen LogP contribution in [0.15, 0.2) is 0 Å². The summed E-state index contributed by atoms with van der Waals surface area (Å²) in [5, 5.41) is 3.18. The van der Waals surface area contributed by atoms with Gasteiger partial charge in [-0.15, -0.1) is 0 Å². The number of nitrogens with two attached hydrogens (primary N) is 1. The van der Waals surface area contributed by atoms with Crippen molar-refractivity contribution in [2.75, 3.05) is 29.3 Å². The van der Waals surface area contributed by atoms with E-state index in [2.05, 4.69) is 27.6 Å². The zero-order valence-electron chi connectivity index (χ0n) is 11.1. The van der Waals surface area contributed by atoms with Gasteiger partial charge >= 0.3 is 0 Å². The van der Waals surface area contributed by atoms with Gasteiger partial charge in [0.25, 0.3) is 0 Å². The zero-order valence-corrected chi connectivity index (χ0v) is 11.9. The van der Waals surface area contributed by atoms with Gasteiger partial charge in [0.1, 0.15) is 17.5 Å². The highest BCUT2D eigenvalue weighted by Crippen LogP contribution is 2.19. The highest BCUT2D eigenvalue weighted by Gasteiger charge is 2.09. The molecule has 0 aliphatic carbocycles. The molecule has 0 aliphatic heterocycles. The van der Waals surface area contributed by atoms with Crippen LogP contribution in [0.5, 0.6) is 0 Å². The number of nitrogen functional groups attached to an aromatic ring is 1. The Morgan fingerprint density at radius 2 is 2.00 bits per heavy atom.